The van der Waals surface area contributed by atoms with E-state index in [1.807, 2.05) is 61.5 Å². The summed E-state index contributed by atoms with van der Waals surface area (Å²) in [6.07, 6.45) is 0. The molecule has 1 amide bonds. The molecular weight excluding hydrogens is 421 g/mol. The maximum absolute atomic E-state index is 14.2. The fraction of sp³-hybridized carbons (Fsp3) is 0.154. The van der Waals surface area contributed by atoms with E-state index in [9.17, 15) is 9.18 Å². The van der Waals surface area contributed by atoms with Gasteiger partial charge in [0.05, 0.1) is 25.5 Å². The number of benzene rings is 3. The Balaban J connectivity index is 1.65. The van der Waals surface area contributed by atoms with E-state index in [-0.39, 0.29) is 11.7 Å². The lowest BCUT2D eigenvalue weighted by atomic mass is 9.95. The lowest BCUT2D eigenvalue weighted by Crippen LogP contribution is -2.29. The maximum atomic E-state index is 14.2. The van der Waals surface area contributed by atoms with E-state index in [2.05, 4.69) is 10.2 Å². The summed E-state index contributed by atoms with van der Waals surface area (Å²) in [6, 6.07) is 20.6. The zero-order valence-electron chi connectivity index (χ0n) is 18.2. The van der Waals surface area contributed by atoms with Crippen LogP contribution in [0.4, 0.5) is 10.1 Å². The first kappa shape index (κ1) is 20.8. The first-order valence-corrected chi connectivity index (χ1v) is 10.6. The molecule has 0 fully saturated rings. The van der Waals surface area contributed by atoms with Crippen LogP contribution >= 0.6 is 0 Å². The number of hydrogen-bond acceptors (Lipinski definition) is 4. The molecule has 0 spiro atoms. The summed E-state index contributed by atoms with van der Waals surface area (Å²) in [5.41, 5.74) is 3.92. The van der Waals surface area contributed by atoms with Crippen LogP contribution in [-0.4, -0.2) is 29.8 Å². The molecule has 0 saturated carbocycles. The van der Waals surface area contributed by atoms with Crippen molar-refractivity contribution in [3.8, 4) is 22.8 Å². The molecule has 1 atom stereocenters. The summed E-state index contributed by atoms with van der Waals surface area (Å²) >= 11 is 0. The number of H-pyrrole nitrogens is 1. The van der Waals surface area contributed by atoms with Gasteiger partial charge in [-0.05, 0) is 73.2 Å². The Labute approximate surface area is 190 Å². The molecule has 0 radical (unpaired) electrons. The van der Waals surface area contributed by atoms with Crippen LogP contribution < -0.4 is 14.4 Å². The monoisotopic (exact) mass is 443 g/mol. The number of halogens is 1. The van der Waals surface area contributed by atoms with Gasteiger partial charge < -0.3 is 9.47 Å². The molecule has 33 heavy (non-hydrogen) atoms. The molecule has 1 aromatic heterocycles. The van der Waals surface area contributed by atoms with Gasteiger partial charge in [-0.3, -0.25) is 14.8 Å². The van der Waals surface area contributed by atoms with E-state index in [4.69, 9.17) is 9.47 Å². The molecule has 1 N–H and O–H groups in total. The summed E-state index contributed by atoms with van der Waals surface area (Å²) in [5.74, 6) is 0.847. The number of aromatic nitrogens is 2. The van der Waals surface area contributed by atoms with E-state index < -0.39 is 6.04 Å². The molecule has 2 heterocycles. The number of ether oxygens (including phenoxy) is 2. The van der Waals surface area contributed by atoms with Crippen LogP contribution in [0.15, 0.2) is 72.8 Å². The standard InChI is InChI=1S/C26H22FN3O3/c1-3-33-21-13-9-19(10-14-21)30-25(17-5-4-6-18(27)15-17)22-23(28-29-24(22)26(30)31)16-7-11-20(32-2)12-8-16/h4-15,25H,3H2,1-2H3,(H,28,29). The Bertz CT molecular complexity index is 1300. The summed E-state index contributed by atoms with van der Waals surface area (Å²) in [6.45, 7) is 2.47. The van der Waals surface area contributed by atoms with Crippen LogP contribution in [0, 0.1) is 5.82 Å². The van der Waals surface area contributed by atoms with Gasteiger partial charge in [-0.2, -0.15) is 5.10 Å². The molecule has 5 rings (SSSR count). The highest BCUT2D eigenvalue weighted by Crippen LogP contribution is 2.45. The Kier molecular flexibility index (Phi) is 5.30. The van der Waals surface area contributed by atoms with Gasteiger partial charge in [0.2, 0.25) is 0 Å². The summed E-state index contributed by atoms with van der Waals surface area (Å²) in [5, 5.41) is 7.37. The Morgan fingerprint density at radius 3 is 2.42 bits per heavy atom. The molecule has 0 aliphatic carbocycles. The Morgan fingerprint density at radius 2 is 1.76 bits per heavy atom. The number of hydrogen-bond donors (Lipinski definition) is 1. The molecule has 6 nitrogen and oxygen atoms in total. The van der Waals surface area contributed by atoms with E-state index in [0.29, 0.717) is 40.6 Å². The van der Waals surface area contributed by atoms with Gasteiger partial charge in [-0.25, -0.2) is 4.39 Å². The molecule has 1 aliphatic rings. The molecular formula is C26H22FN3O3. The minimum Gasteiger partial charge on any atom is -0.497 e. The lowest BCUT2D eigenvalue weighted by molar-refractivity contribution is 0.0988. The number of nitrogens with one attached hydrogen (secondary N) is 1. The zero-order valence-corrected chi connectivity index (χ0v) is 18.2. The highest BCUT2D eigenvalue weighted by molar-refractivity contribution is 6.11. The lowest BCUT2D eigenvalue weighted by Gasteiger charge is -2.26. The molecule has 3 aromatic carbocycles. The normalized spacial score (nSPS) is 14.9. The summed E-state index contributed by atoms with van der Waals surface area (Å²) in [7, 11) is 1.61. The second kappa shape index (κ2) is 8.43. The minimum absolute atomic E-state index is 0.226. The Hall–Kier alpha value is -4.13. The number of methoxy groups -OCH3 is 1. The molecule has 1 unspecified atom stereocenters. The SMILES string of the molecule is CCOc1ccc(N2C(=O)c3[nH]nc(-c4ccc(OC)cc4)c3C2c2cccc(F)c2)cc1. The van der Waals surface area contributed by atoms with Crippen LogP contribution in [0.2, 0.25) is 0 Å². The van der Waals surface area contributed by atoms with Crippen LogP contribution in [0.25, 0.3) is 11.3 Å². The van der Waals surface area contributed by atoms with Gasteiger partial charge in [0.15, 0.2) is 0 Å². The predicted molar refractivity (Wildman–Crippen MR) is 123 cm³/mol. The quantitative estimate of drug-likeness (QED) is 0.435. The molecule has 0 bridgehead atoms. The van der Waals surface area contributed by atoms with Gasteiger partial charge in [-0.1, -0.05) is 12.1 Å². The average Bonchev–Trinajstić information content (AvgIpc) is 3.39. The second-order valence-corrected chi connectivity index (χ2v) is 7.65. The number of nitrogens with zero attached hydrogens (tertiary/aromatic N) is 2. The fourth-order valence-corrected chi connectivity index (χ4v) is 4.24. The van der Waals surface area contributed by atoms with Crippen molar-refractivity contribution >= 4 is 11.6 Å². The average molecular weight is 443 g/mol. The van der Waals surface area contributed by atoms with Crippen molar-refractivity contribution in [3.05, 3.63) is 95.4 Å². The molecule has 0 saturated heterocycles. The summed E-state index contributed by atoms with van der Waals surface area (Å²) in [4.78, 5) is 15.2. The van der Waals surface area contributed by atoms with Crippen molar-refractivity contribution < 1.29 is 18.7 Å². The van der Waals surface area contributed by atoms with Crippen molar-refractivity contribution in [2.24, 2.45) is 0 Å². The molecule has 166 valence electrons. The number of amides is 1. The predicted octanol–water partition coefficient (Wildman–Crippen LogP) is 5.37. The first-order valence-electron chi connectivity index (χ1n) is 10.6. The van der Waals surface area contributed by atoms with Gasteiger partial charge in [0.25, 0.3) is 5.91 Å². The van der Waals surface area contributed by atoms with Crippen molar-refractivity contribution in [1.29, 1.82) is 0 Å². The number of carbonyl (C=O) groups is 1. The minimum atomic E-state index is -0.544. The molecule has 4 aromatic rings. The van der Waals surface area contributed by atoms with Gasteiger partial charge in [0.1, 0.15) is 23.0 Å². The van der Waals surface area contributed by atoms with Crippen molar-refractivity contribution in [2.75, 3.05) is 18.6 Å². The van der Waals surface area contributed by atoms with Gasteiger partial charge in [0, 0.05) is 16.8 Å². The third kappa shape index (κ3) is 3.61. The van der Waals surface area contributed by atoms with E-state index in [0.717, 1.165) is 11.3 Å². The van der Waals surface area contributed by atoms with E-state index in [1.165, 1.54) is 12.1 Å². The highest BCUT2D eigenvalue weighted by atomic mass is 19.1. The number of rotatable bonds is 6. The highest BCUT2D eigenvalue weighted by Gasteiger charge is 2.43. The van der Waals surface area contributed by atoms with Crippen molar-refractivity contribution in [3.63, 3.8) is 0 Å². The molecule has 1 aliphatic heterocycles. The van der Waals surface area contributed by atoms with Crippen molar-refractivity contribution in [2.45, 2.75) is 13.0 Å². The smallest absolute Gasteiger partial charge is 0.277 e. The van der Waals surface area contributed by atoms with Crippen LogP contribution in [0.5, 0.6) is 11.5 Å². The van der Waals surface area contributed by atoms with Gasteiger partial charge in [-0.15, -0.1) is 0 Å². The van der Waals surface area contributed by atoms with E-state index >= 15 is 0 Å². The number of fused-ring (bicyclic) bond motifs is 1. The summed E-state index contributed by atoms with van der Waals surface area (Å²) < 4.78 is 25.0. The zero-order chi connectivity index (χ0) is 22.9. The Morgan fingerprint density at radius 1 is 1.03 bits per heavy atom. The van der Waals surface area contributed by atoms with E-state index in [1.54, 1.807) is 18.1 Å². The maximum Gasteiger partial charge on any atom is 0.277 e. The number of aromatic amines is 1. The van der Waals surface area contributed by atoms with Crippen LogP contribution in [0.3, 0.4) is 0 Å². The first-order chi connectivity index (χ1) is 16.1. The third-order valence-electron chi connectivity index (χ3n) is 5.72. The third-order valence-corrected chi connectivity index (χ3v) is 5.72. The fourth-order valence-electron chi connectivity index (χ4n) is 4.24. The van der Waals surface area contributed by atoms with Crippen LogP contribution in [-0.2, 0) is 0 Å². The number of carbonyl (C=O) groups excluding carboxylic acids is 1. The van der Waals surface area contributed by atoms with Crippen LogP contribution in [0.1, 0.15) is 34.6 Å². The van der Waals surface area contributed by atoms with Gasteiger partial charge >= 0.3 is 0 Å². The van der Waals surface area contributed by atoms with Crippen molar-refractivity contribution in [1.82, 2.24) is 10.2 Å². The molecule has 7 heteroatoms. The second-order valence-electron chi connectivity index (χ2n) is 7.65. The largest absolute Gasteiger partial charge is 0.497 e. The topological polar surface area (TPSA) is 67.5 Å². The number of anilines is 1.